The van der Waals surface area contributed by atoms with Gasteiger partial charge in [-0.25, -0.2) is 19.9 Å². The van der Waals surface area contributed by atoms with Gasteiger partial charge >= 0.3 is 0 Å². The van der Waals surface area contributed by atoms with Gasteiger partial charge in [-0.3, -0.25) is 28.3 Å². The molecule has 17 nitrogen and oxygen atoms in total. The number of hydrogen-bond donors (Lipinski definition) is 5. The maximum Gasteiger partial charge on any atom is 0.294 e. The monoisotopic (exact) mass is 810 g/mol. The number of pyridine rings is 2. The van der Waals surface area contributed by atoms with Crippen molar-refractivity contribution in [1.29, 1.82) is 0 Å². The molecule has 308 valence electrons. The molecule has 0 bridgehead atoms. The Morgan fingerprint density at radius 2 is 1.35 bits per heavy atom. The van der Waals surface area contributed by atoms with Crippen LogP contribution in [0.3, 0.4) is 0 Å². The molecule has 1 aliphatic rings. The van der Waals surface area contributed by atoms with Crippen molar-refractivity contribution in [2.24, 2.45) is 0 Å². The zero-order chi connectivity index (χ0) is 42.2. The number of rotatable bonds is 14. The number of aromatic nitrogens is 6. The lowest BCUT2D eigenvalue weighted by atomic mass is 10.0. The third-order valence-electron chi connectivity index (χ3n) is 10.2. The first-order chi connectivity index (χ1) is 29.1. The zero-order valence-corrected chi connectivity index (χ0v) is 33.4. The molecule has 0 aliphatic carbocycles. The number of ether oxygens (including phenoxy) is 1. The summed E-state index contributed by atoms with van der Waals surface area (Å²) in [7, 11) is 1.60. The van der Waals surface area contributed by atoms with Crippen LogP contribution in [0.25, 0.3) is 22.5 Å². The lowest BCUT2D eigenvalue weighted by Gasteiger charge is -2.28. The third kappa shape index (κ3) is 9.48. The molecule has 2 amide bonds. The average Bonchev–Trinajstić information content (AvgIpc) is 3.25. The second kappa shape index (κ2) is 18.5. The molecule has 60 heavy (non-hydrogen) atoms. The van der Waals surface area contributed by atoms with Crippen LogP contribution in [0.15, 0.2) is 101 Å². The fourth-order valence-electron chi connectivity index (χ4n) is 6.99. The molecule has 17 heteroatoms. The van der Waals surface area contributed by atoms with Gasteiger partial charge in [-0.15, -0.1) is 0 Å². The second-order valence-electron chi connectivity index (χ2n) is 14.2. The Morgan fingerprint density at radius 3 is 2.05 bits per heavy atom. The van der Waals surface area contributed by atoms with Crippen LogP contribution in [0.2, 0.25) is 0 Å². The number of anilines is 4. The number of nitrogen functional groups attached to an aromatic ring is 2. The van der Waals surface area contributed by atoms with Crippen LogP contribution in [-0.4, -0.2) is 74.2 Å². The minimum Gasteiger partial charge on any atom is -0.384 e. The molecule has 6 aromatic rings. The summed E-state index contributed by atoms with van der Waals surface area (Å²) in [4.78, 5) is 73.9. The number of nitrogens with two attached hydrogens (primary N) is 2. The minimum atomic E-state index is -0.425. The number of hydrogen-bond acceptors (Lipinski definition) is 13. The molecule has 1 fully saturated rings. The van der Waals surface area contributed by atoms with Gasteiger partial charge in [-0.2, -0.15) is 0 Å². The molecule has 0 unspecified atom stereocenters. The van der Waals surface area contributed by atoms with Gasteiger partial charge in [0.2, 0.25) is 11.8 Å². The summed E-state index contributed by atoms with van der Waals surface area (Å²) in [5, 5.41) is 8.65. The number of nitrogens with zero attached hydrogens (tertiary/aromatic N) is 7. The van der Waals surface area contributed by atoms with Gasteiger partial charge in [-0.1, -0.05) is 60.7 Å². The quantitative estimate of drug-likeness (QED) is 0.107. The molecule has 0 radical (unpaired) electrons. The fraction of sp³-hybridized carbons (Fsp3) is 0.256. The van der Waals surface area contributed by atoms with Crippen LogP contribution < -0.4 is 43.4 Å². The van der Waals surface area contributed by atoms with Gasteiger partial charge in [0.1, 0.15) is 24.7 Å². The van der Waals surface area contributed by atoms with Crippen LogP contribution in [-0.2, 0) is 46.9 Å². The van der Waals surface area contributed by atoms with Gasteiger partial charge in [0.05, 0.1) is 42.7 Å². The molecular formula is C43H46N12O5. The molecule has 7 N–H and O–H groups in total. The van der Waals surface area contributed by atoms with Crippen molar-refractivity contribution in [3.63, 3.8) is 0 Å². The Bertz CT molecular complexity index is 2640. The Balaban J connectivity index is 1.12. The van der Waals surface area contributed by atoms with Crippen molar-refractivity contribution in [2.75, 3.05) is 55.0 Å². The van der Waals surface area contributed by atoms with E-state index in [9.17, 15) is 19.2 Å². The highest BCUT2D eigenvalue weighted by Crippen LogP contribution is 2.24. The Hall–Kier alpha value is -7.40. The van der Waals surface area contributed by atoms with Gasteiger partial charge < -0.3 is 37.1 Å². The van der Waals surface area contributed by atoms with E-state index in [1.54, 1.807) is 37.6 Å². The normalized spacial score (nSPS) is 12.5. The van der Waals surface area contributed by atoms with Gasteiger partial charge in [0.25, 0.3) is 11.1 Å². The number of carbonyl (C=O) groups is 2. The summed E-state index contributed by atoms with van der Waals surface area (Å²) >= 11 is 0. The van der Waals surface area contributed by atoms with E-state index in [-0.39, 0.29) is 49.6 Å². The van der Waals surface area contributed by atoms with E-state index in [2.05, 4.69) is 35.9 Å². The molecule has 0 atom stereocenters. The predicted octanol–water partition coefficient (Wildman–Crippen LogP) is 2.50. The molecule has 0 saturated carbocycles. The van der Waals surface area contributed by atoms with E-state index in [0.717, 1.165) is 22.3 Å². The van der Waals surface area contributed by atoms with Crippen LogP contribution in [0.1, 0.15) is 28.1 Å². The molecule has 7 rings (SSSR count). The van der Waals surface area contributed by atoms with Crippen molar-refractivity contribution in [2.45, 2.75) is 39.5 Å². The number of amides is 2. The standard InChI is InChI=1S/C43H46N12O5/c1-27-31(11-13-36(44)51-27)21-47-39(57)26-55-35(24-50-41(43(55)59)53-15-17-60-18-16-53)30-10-6-7-28(19-30)20-33-32(12-14-37(45)52-33)22-48-38(56)25-54-34(29-8-4-3-5-9-29)23-49-40(46-2)42(54)58/h3-14,19,23-24H,15-18,20-22,25-26H2,1-2H3,(H2,44,51)(H2,45,52)(H,46,49)(H,47,57)(H,48,56). The highest BCUT2D eigenvalue weighted by Gasteiger charge is 2.22. The van der Waals surface area contributed by atoms with Crippen molar-refractivity contribution >= 4 is 35.1 Å². The molecular weight excluding hydrogens is 765 g/mol. The van der Waals surface area contributed by atoms with Crippen LogP contribution in [0.4, 0.5) is 23.3 Å². The van der Waals surface area contributed by atoms with E-state index in [4.69, 9.17) is 16.2 Å². The highest BCUT2D eigenvalue weighted by molar-refractivity contribution is 5.78. The van der Waals surface area contributed by atoms with E-state index in [1.165, 1.54) is 9.13 Å². The average molecular weight is 811 g/mol. The summed E-state index contributed by atoms with van der Waals surface area (Å²) < 4.78 is 8.33. The smallest absolute Gasteiger partial charge is 0.294 e. The van der Waals surface area contributed by atoms with Crippen molar-refractivity contribution in [3.8, 4) is 22.5 Å². The molecule has 5 heterocycles. The van der Waals surface area contributed by atoms with Gasteiger partial charge in [-0.05, 0) is 47.4 Å². The van der Waals surface area contributed by atoms with E-state index < -0.39 is 11.1 Å². The second-order valence-corrected chi connectivity index (χ2v) is 14.2. The molecule has 1 aliphatic heterocycles. The molecule has 1 saturated heterocycles. The van der Waals surface area contributed by atoms with Crippen molar-refractivity contribution < 1.29 is 14.3 Å². The lowest BCUT2D eigenvalue weighted by Crippen LogP contribution is -2.42. The van der Waals surface area contributed by atoms with Gasteiger partial charge in [0.15, 0.2) is 11.6 Å². The number of morpholine rings is 1. The summed E-state index contributed by atoms with van der Waals surface area (Å²) in [6.45, 7) is 3.57. The van der Waals surface area contributed by atoms with Crippen molar-refractivity contribution in [1.82, 2.24) is 39.7 Å². The minimum absolute atomic E-state index is 0.119. The number of benzene rings is 2. The summed E-state index contributed by atoms with van der Waals surface area (Å²) in [5.41, 5.74) is 17.2. The number of aryl methyl sites for hydroxylation is 1. The summed E-state index contributed by atoms with van der Waals surface area (Å²) in [6.07, 6.45) is 3.51. The molecule has 0 spiro atoms. The topological polar surface area (TPSA) is 230 Å². The van der Waals surface area contributed by atoms with E-state index in [1.807, 2.05) is 72.5 Å². The molecule has 4 aromatic heterocycles. The number of nitrogens with one attached hydrogen (secondary N) is 3. The Labute approximate surface area is 345 Å². The predicted molar refractivity (Wildman–Crippen MR) is 229 cm³/mol. The third-order valence-corrected chi connectivity index (χ3v) is 10.2. The summed E-state index contributed by atoms with van der Waals surface area (Å²) in [6, 6.07) is 23.8. The SMILES string of the molecule is CNc1ncc(-c2ccccc2)n(CC(=O)NCc2ccc(N)nc2Cc2cccc(-c3cnc(N4CCOCC4)c(=O)n3CC(=O)NCc3ccc(N)nc3C)c2)c1=O. The Morgan fingerprint density at radius 1 is 0.733 bits per heavy atom. The Kier molecular flexibility index (Phi) is 12.5. The zero-order valence-electron chi connectivity index (χ0n) is 33.4. The van der Waals surface area contributed by atoms with Gasteiger partial charge in [0, 0.05) is 50.9 Å². The maximum atomic E-state index is 14.1. The first-order valence-electron chi connectivity index (χ1n) is 19.4. The van der Waals surface area contributed by atoms with Crippen LogP contribution in [0.5, 0.6) is 0 Å². The first-order valence-corrected chi connectivity index (χ1v) is 19.4. The van der Waals surface area contributed by atoms with Crippen LogP contribution in [0, 0.1) is 6.92 Å². The summed E-state index contributed by atoms with van der Waals surface area (Å²) in [5.74, 6) is 0.309. The maximum absolute atomic E-state index is 14.1. The molecule has 2 aromatic carbocycles. The fourth-order valence-corrected chi connectivity index (χ4v) is 6.99. The van der Waals surface area contributed by atoms with Crippen molar-refractivity contribution in [3.05, 3.63) is 140 Å². The van der Waals surface area contributed by atoms with E-state index in [0.29, 0.717) is 72.7 Å². The van der Waals surface area contributed by atoms with E-state index >= 15 is 0 Å². The number of carbonyl (C=O) groups excluding carboxylic acids is 2. The first kappa shape index (κ1) is 40.8. The largest absolute Gasteiger partial charge is 0.384 e. The van der Waals surface area contributed by atoms with Crippen LogP contribution >= 0.6 is 0 Å². The highest BCUT2D eigenvalue weighted by atomic mass is 16.5. The lowest BCUT2D eigenvalue weighted by molar-refractivity contribution is -0.122.